The summed E-state index contributed by atoms with van der Waals surface area (Å²) in [7, 11) is 1.76. The molecule has 1 aromatic carbocycles. The van der Waals surface area contributed by atoms with Crippen LogP contribution in [0.25, 0.3) is 0 Å². The van der Waals surface area contributed by atoms with Gasteiger partial charge in [-0.2, -0.15) is 0 Å². The summed E-state index contributed by atoms with van der Waals surface area (Å²) in [6.45, 7) is 8.99. The van der Waals surface area contributed by atoms with Crippen LogP contribution in [0.1, 0.15) is 30.9 Å². The van der Waals surface area contributed by atoms with Crippen LogP contribution in [0, 0.1) is 13.8 Å². The molecule has 28 heavy (non-hydrogen) atoms. The largest absolute Gasteiger partial charge is 0.492 e. The van der Waals surface area contributed by atoms with Crippen LogP contribution in [0.2, 0.25) is 0 Å². The third kappa shape index (κ3) is 8.12. The molecule has 1 fully saturated rings. The summed E-state index contributed by atoms with van der Waals surface area (Å²) < 4.78 is 10.9. The van der Waals surface area contributed by atoms with E-state index in [1.807, 2.05) is 19.1 Å². The number of nitrogens with one attached hydrogen (secondary N) is 2. The molecule has 2 N–H and O–H groups in total. The minimum Gasteiger partial charge on any atom is -0.492 e. The van der Waals surface area contributed by atoms with Crippen molar-refractivity contribution >= 4 is 36.0 Å². The minimum absolute atomic E-state index is 0. The lowest BCUT2D eigenvalue weighted by atomic mass is 10.1. The van der Waals surface area contributed by atoms with Gasteiger partial charge >= 0.3 is 6.09 Å². The number of aliphatic imine (C=N–C) groups is 1. The fraction of sp³-hybridized carbons (Fsp3) is 0.600. The summed E-state index contributed by atoms with van der Waals surface area (Å²) >= 11 is 0. The van der Waals surface area contributed by atoms with Gasteiger partial charge in [0.15, 0.2) is 5.96 Å². The number of piperidine rings is 1. The molecule has 0 radical (unpaired) electrons. The van der Waals surface area contributed by atoms with E-state index in [0.29, 0.717) is 38.9 Å². The third-order valence-corrected chi connectivity index (χ3v) is 4.44. The summed E-state index contributed by atoms with van der Waals surface area (Å²) in [5, 5.41) is 6.70. The Bertz CT molecular complexity index is 626. The second kappa shape index (κ2) is 12.7. The molecule has 2 rings (SSSR count). The van der Waals surface area contributed by atoms with E-state index in [9.17, 15) is 4.79 Å². The first kappa shape index (κ1) is 24.3. The van der Waals surface area contributed by atoms with Crippen LogP contribution >= 0.6 is 24.0 Å². The number of likely N-dealkylation sites (tertiary alicyclic amines) is 1. The van der Waals surface area contributed by atoms with Crippen molar-refractivity contribution in [3.63, 3.8) is 0 Å². The first-order valence-corrected chi connectivity index (χ1v) is 9.61. The average molecular weight is 504 g/mol. The van der Waals surface area contributed by atoms with Crippen LogP contribution in [0.4, 0.5) is 4.79 Å². The lowest BCUT2D eigenvalue weighted by Gasteiger charge is -2.32. The number of carbonyl (C=O) groups is 1. The van der Waals surface area contributed by atoms with Gasteiger partial charge in [-0.15, -0.1) is 24.0 Å². The molecular formula is C20H33IN4O3. The van der Waals surface area contributed by atoms with Crippen LogP contribution in [-0.2, 0) is 4.74 Å². The second-order valence-corrected chi connectivity index (χ2v) is 6.78. The summed E-state index contributed by atoms with van der Waals surface area (Å²) in [6, 6.07) is 6.50. The van der Waals surface area contributed by atoms with Gasteiger partial charge in [-0.05, 0) is 56.9 Å². The lowest BCUT2D eigenvalue weighted by Crippen LogP contribution is -2.50. The molecule has 0 bridgehead atoms. The zero-order chi connectivity index (χ0) is 19.6. The number of hydrogen-bond donors (Lipinski definition) is 2. The van der Waals surface area contributed by atoms with Crippen molar-refractivity contribution in [3.8, 4) is 5.75 Å². The maximum Gasteiger partial charge on any atom is 0.409 e. The van der Waals surface area contributed by atoms with Crippen LogP contribution < -0.4 is 15.4 Å². The van der Waals surface area contributed by atoms with E-state index in [2.05, 4.69) is 35.5 Å². The van der Waals surface area contributed by atoms with E-state index in [1.54, 1.807) is 11.9 Å². The molecular weight excluding hydrogens is 471 g/mol. The molecule has 1 amide bonds. The van der Waals surface area contributed by atoms with Gasteiger partial charge in [0.25, 0.3) is 0 Å². The number of benzene rings is 1. The highest BCUT2D eigenvalue weighted by molar-refractivity contribution is 14.0. The van der Waals surface area contributed by atoms with Gasteiger partial charge < -0.3 is 25.0 Å². The standard InChI is InChI=1S/C20H32N4O3.HI/c1-5-26-20(25)24-9-6-17(7-10-24)23-19(21-4)22-8-11-27-18-13-15(2)12-16(3)14-18;/h12-14,17H,5-11H2,1-4H3,(H2,21,22,23);1H. The van der Waals surface area contributed by atoms with Crippen molar-refractivity contribution in [1.82, 2.24) is 15.5 Å². The number of aryl methyl sites for hydroxylation is 2. The lowest BCUT2D eigenvalue weighted by molar-refractivity contribution is 0.0963. The molecule has 8 heteroatoms. The van der Waals surface area contributed by atoms with Gasteiger partial charge in [-0.25, -0.2) is 4.79 Å². The van der Waals surface area contributed by atoms with Gasteiger partial charge in [0.05, 0.1) is 13.2 Å². The van der Waals surface area contributed by atoms with Gasteiger partial charge in [0, 0.05) is 26.2 Å². The Balaban J connectivity index is 0.00000392. The first-order chi connectivity index (χ1) is 13.0. The molecule has 1 aliphatic rings. The fourth-order valence-electron chi connectivity index (χ4n) is 3.16. The highest BCUT2D eigenvalue weighted by atomic mass is 127. The Kier molecular flexibility index (Phi) is 11.0. The highest BCUT2D eigenvalue weighted by Gasteiger charge is 2.23. The van der Waals surface area contributed by atoms with Crippen molar-refractivity contribution in [2.24, 2.45) is 4.99 Å². The second-order valence-electron chi connectivity index (χ2n) is 6.78. The number of hydrogen-bond acceptors (Lipinski definition) is 4. The monoisotopic (exact) mass is 504 g/mol. The van der Waals surface area contributed by atoms with E-state index in [-0.39, 0.29) is 30.1 Å². The van der Waals surface area contributed by atoms with Crippen LogP contribution in [0.15, 0.2) is 23.2 Å². The SMILES string of the molecule is CCOC(=O)N1CCC(NC(=NC)NCCOc2cc(C)cc(C)c2)CC1.I. The van der Waals surface area contributed by atoms with Gasteiger partial charge in [0.1, 0.15) is 12.4 Å². The number of nitrogens with zero attached hydrogens (tertiary/aromatic N) is 2. The Morgan fingerprint density at radius 1 is 1.21 bits per heavy atom. The van der Waals surface area contributed by atoms with Crippen molar-refractivity contribution < 1.29 is 14.3 Å². The van der Waals surface area contributed by atoms with Gasteiger partial charge in [0.2, 0.25) is 0 Å². The van der Waals surface area contributed by atoms with E-state index in [0.717, 1.165) is 24.6 Å². The summed E-state index contributed by atoms with van der Waals surface area (Å²) in [4.78, 5) is 17.8. The van der Waals surface area contributed by atoms with Crippen LogP contribution in [-0.4, -0.2) is 62.9 Å². The third-order valence-electron chi connectivity index (χ3n) is 4.44. The van der Waals surface area contributed by atoms with Crippen molar-refractivity contribution in [2.75, 3.05) is 39.9 Å². The van der Waals surface area contributed by atoms with E-state index in [4.69, 9.17) is 9.47 Å². The predicted molar refractivity (Wildman–Crippen MR) is 123 cm³/mol. The molecule has 0 spiro atoms. The number of amides is 1. The molecule has 1 heterocycles. The molecule has 0 saturated carbocycles. The zero-order valence-electron chi connectivity index (χ0n) is 17.3. The molecule has 0 atom stereocenters. The first-order valence-electron chi connectivity index (χ1n) is 9.61. The Morgan fingerprint density at radius 2 is 1.86 bits per heavy atom. The van der Waals surface area contributed by atoms with Crippen molar-refractivity contribution in [3.05, 3.63) is 29.3 Å². The number of carbonyl (C=O) groups excluding carboxylic acids is 1. The van der Waals surface area contributed by atoms with E-state index in [1.165, 1.54) is 11.1 Å². The molecule has 1 aromatic rings. The molecule has 0 aliphatic carbocycles. The molecule has 7 nitrogen and oxygen atoms in total. The predicted octanol–water partition coefficient (Wildman–Crippen LogP) is 3.09. The van der Waals surface area contributed by atoms with Gasteiger partial charge in [-0.3, -0.25) is 4.99 Å². The molecule has 0 unspecified atom stereocenters. The highest BCUT2D eigenvalue weighted by Crippen LogP contribution is 2.16. The van der Waals surface area contributed by atoms with Crippen molar-refractivity contribution in [2.45, 2.75) is 39.7 Å². The fourth-order valence-corrected chi connectivity index (χ4v) is 3.16. The topological polar surface area (TPSA) is 75.2 Å². The van der Waals surface area contributed by atoms with Crippen molar-refractivity contribution in [1.29, 1.82) is 0 Å². The molecule has 0 aromatic heterocycles. The Hall–Kier alpha value is -1.71. The maximum atomic E-state index is 11.7. The number of guanidine groups is 1. The molecule has 158 valence electrons. The summed E-state index contributed by atoms with van der Waals surface area (Å²) in [6.07, 6.45) is 1.53. The minimum atomic E-state index is -0.220. The van der Waals surface area contributed by atoms with E-state index >= 15 is 0 Å². The van der Waals surface area contributed by atoms with Crippen LogP contribution in [0.5, 0.6) is 5.75 Å². The molecule has 1 aliphatic heterocycles. The smallest absolute Gasteiger partial charge is 0.409 e. The summed E-state index contributed by atoms with van der Waals surface area (Å²) in [5.41, 5.74) is 2.40. The zero-order valence-corrected chi connectivity index (χ0v) is 19.6. The number of rotatable bonds is 6. The number of ether oxygens (including phenoxy) is 2. The number of halogens is 1. The normalized spacial score (nSPS) is 14.9. The Labute approximate surface area is 185 Å². The summed E-state index contributed by atoms with van der Waals surface area (Å²) in [5.74, 6) is 1.65. The quantitative estimate of drug-likeness (QED) is 0.270. The average Bonchev–Trinajstić information content (AvgIpc) is 2.64. The molecule has 1 saturated heterocycles. The van der Waals surface area contributed by atoms with E-state index < -0.39 is 0 Å². The van der Waals surface area contributed by atoms with Gasteiger partial charge in [-0.1, -0.05) is 6.07 Å². The Morgan fingerprint density at radius 3 is 2.43 bits per heavy atom. The van der Waals surface area contributed by atoms with Crippen LogP contribution in [0.3, 0.4) is 0 Å². The maximum absolute atomic E-state index is 11.7.